The molecule has 2 N–H and O–H groups in total. The number of rotatable bonds is 7. The molecule has 0 aliphatic carbocycles. The molecule has 0 aromatic heterocycles. The van der Waals surface area contributed by atoms with Crippen LogP contribution in [-0.4, -0.2) is 36.7 Å². The Morgan fingerprint density at radius 3 is 2.12 bits per heavy atom. The van der Waals surface area contributed by atoms with E-state index in [1.165, 1.54) is 10.5 Å². The number of hydrogen-bond acceptors (Lipinski definition) is 4. The summed E-state index contributed by atoms with van der Waals surface area (Å²) in [7, 11) is 3.36. The molecule has 6 nitrogen and oxygen atoms in total. The zero-order chi connectivity index (χ0) is 22.7. The highest BCUT2D eigenvalue weighted by Crippen LogP contribution is 2.27. The van der Waals surface area contributed by atoms with Crippen LogP contribution in [0.5, 0.6) is 5.75 Å². The van der Waals surface area contributed by atoms with Gasteiger partial charge in [-0.2, -0.15) is 0 Å². The van der Waals surface area contributed by atoms with Crippen LogP contribution in [0, 0.1) is 5.41 Å². The van der Waals surface area contributed by atoms with Crippen molar-refractivity contribution in [3.63, 3.8) is 0 Å². The second kappa shape index (κ2) is 9.06. The van der Waals surface area contributed by atoms with Crippen molar-refractivity contribution in [2.75, 3.05) is 14.2 Å². The second-order valence-electron chi connectivity index (χ2n) is 7.71. The first-order valence-corrected chi connectivity index (χ1v) is 10.5. The van der Waals surface area contributed by atoms with E-state index in [0.717, 1.165) is 35.3 Å². The highest BCUT2D eigenvalue weighted by atomic mass is 16.5. The zero-order valence-corrected chi connectivity index (χ0v) is 18.1. The zero-order valence-electron chi connectivity index (χ0n) is 18.1. The van der Waals surface area contributed by atoms with Crippen molar-refractivity contribution in [1.29, 1.82) is 5.41 Å². The molecule has 2 amide bonds. The highest BCUT2D eigenvalue weighted by Gasteiger charge is 2.35. The van der Waals surface area contributed by atoms with Crippen molar-refractivity contribution in [3.05, 3.63) is 100 Å². The average molecular weight is 428 g/mol. The lowest BCUT2D eigenvalue weighted by atomic mass is 10.0. The summed E-state index contributed by atoms with van der Waals surface area (Å²) in [6, 6.07) is 20.7. The molecule has 6 heteroatoms. The van der Waals surface area contributed by atoms with Gasteiger partial charge in [0.25, 0.3) is 11.8 Å². The maximum atomic E-state index is 12.6. The fourth-order valence-corrected chi connectivity index (χ4v) is 3.92. The van der Waals surface area contributed by atoms with Crippen LogP contribution < -0.4 is 10.1 Å². The van der Waals surface area contributed by atoms with E-state index < -0.39 is 0 Å². The molecule has 4 rings (SSSR count). The number of ether oxygens (including phenoxy) is 1. The second-order valence-corrected chi connectivity index (χ2v) is 7.71. The Labute approximate surface area is 187 Å². The van der Waals surface area contributed by atoms with Crippen molar-refractivity contribution in [2.24, 2.45) is 0 Å². The molecule has 0 saturated carbocycles. The molecule has 0 fully saturated rings. The number of nitrogens with zero attached hydrogens (tertiary/aromatic N) is 1. The van der Waals surface area contributed by atoms with Crippen molar-refractivity contribution < 1.29 is 14.3 Å². The van der Waals surface area contributed by atoms with Crippen LogP contribution >= 0.6 is 0 Å². The maximum absolute atomic E-state index is 12.6. The molecule has 1 aliphatic heterocycles. The quantitative estimate of drug-likeness (QED) is 0.341. The normalized spacial score (nSPS) is 12.6. The van der Waals surface area contributed by atoms with Crippen LogP contribution in [0.15, 0.2) is 66.7 Å². The Balaban J connectivity index is 1.45. The third kappa shape index (κ3) is 4.12. The summed E-state index contributed by atoms with van der Waals surface area (Å²) < 4.78 is 5.59. The summed E-state index contributed by atoms with van der Waals surface area (Å²) in [6.45, 7) is 0.210. The number of nitrogens with one attached hydrogen (secondary N) is 2. The van der Waals surface area contributed by atoms with Gasteiger partial charge >= 0.3 is 0 Å². The van der Waals surface area contributed by atoms with Gasteiger partial charge in [0.15, 0.2) is 0 Å². The summed E-state index contributed by atoms with van der Waals surface area (Å²) in [5, 5.41) is 10.7. The van der Waals surface area contributed by atoms with Crippen LogP contribution in [0.2, 0.25) is 0 Å². The van der Waals surface area contributed by atoms with Gasteiger partial charge in [0.1, 0.15) is 11.6 Å². The topological polar surface area (TPSA) is 82.5 Å². The smallest absolute Gasteiger partial charge is 0.261 e. The summed E-state index contributed by atoms with van der Waals surface area (Å²) in [5.41, 5.74) is 4.84. The number of aryl methyl sites for hydroxylation is 2. The van der Waals surface area contributed by atoms with Gasteiger partial charge in [-0.05, 0) is 47.7 Å². The molecule has 162 valence electrons. The summed E-state index contributed by atoms with van der Waals surface area (Å²) in [4.78, 5) is 26.5. The van der Waals surface area contributed by atoms with E-state index in [9.17, 15) is 9.59 Å². The Morgan fingerprint density at radius 1 is 0.906 bits per heavy atom. The van der Waals surface area contributed by atoms with Gasteiger partial charge in [-0.1, -0.05) is 48.5 Å². The lowest BCUT2D eigenvalue weighted by Crippen LogP contribution is -2.29. The molecule has 32 heavy (non-hydrogen) atoms. The number of carbonyl (C=O) groups excluding carboxylic acids is 2. The molecule has 0 saturated heterocycles. The van der Waals surface area contributed by atoms with Crippen LogP contribution in [0.4, 0.5) is 0 Å². The lowest BCUT2D eigenvalue weighted by Gasteiger charge is -2.16. The predicted molar refractivity (Wildman–Crippen MR) is 123 cm³/mol. The molecule has 3 aromatic carbocycles. The standard InChI is InChI=1S/C26H25N3O3/c1-28-24(27)20-13-8-17(9-14-20)7-11-19-12-10-18(15-23(19)32-2)16-29-25(30)21-5-3-4-6-22(21)26(29)31/h3-6,8-10,12-15H,7,11,16H2,1-2H3,(H2,27,28). The van der Waals surface area contributed by atoms with E-state index >= 15 is 0 Å². The Kier molecular flexibility index (Phi) is 6.03. The van der Waals surface area contributed by atoms with Gasteiger partial charge in [-0.3, -0.25) is 19.9 Å². The molecule has 0 unspecified atom stereocenters. The maximum Gasteiger partial charge on any atom is 0.261 e. The van der Waals surface area contributed by atoms with Gasteiger partial charge in [-0.25, -0.2) is 0 Å². The van der Waals surface area contributed by atoms with Crippen molar-refractivity contribution in [2.45, 2.75) is 19.4 Å². The SMILES string of the molecule is CNC(=N)c1ccc(CCc2ccc(CN3C(=O)c4ccccc4C3=O)cc2OC)cc1. The average Bonchev–Trinajstić information content (AvgIpc) is 3.08. The van der Waals surface area contributed by atoms with E-state index in [4.69, 9.17) is 10.1 Å². The number of amides is 2. The highest BCUT2D eigenvalue weighted by molar-refractivity contribution is 6.21. The van der Waals surface area contributed by atoms with Gasteiger partial charge in [-0.15, -0.1) is 0 Å². The minimum Gasteiger partial charge on any atom is -0.496 e. The first-order valence-electron chi connectivity index (χ1n) is 10.5. The molecular formula is C26H25N3O3. The van der Waals surface area contributed by atoms with Crippen LogP contribution in [-0.2, 0) is 19.4 Å². The fraction of sp³-hybridized carbons (Fsp3) is 0.192. The summed E-state index contributed by atoms with van der Waals surface area (Å²) >= 11 is 0. The van der Waals surface area contributed by atoms with Crippen molar-refractivity contribution in [3.8, 4) is 5.75 Å². The number of benzene rings is 3. The number of fused-ring (bicyclic) bond motifs is 1. The third-order valence-corrected chi connectivity index (χ3v) is 5.75. The summed E-state index contributed by atoms with van der Waals surface area (Å²) in [6.07, 6.45) is 1.63. The molecule has 0 spiro atoms. The number of methoxy groups -OCH3 is 1. The third-order valence-electron chi connectivity index (χ3n) is 5.75. The van der Waals surface area contributed by atoms with Crippen LogP contribution in [0.1, 0.15) is 43.0 Å². The lowest BCUT2D eigenvalue weighted by molar-refractivity contribution is 0.0642. The van der Waals surface area contributed by atoms with Gasteiger partial charge < -0.3 is 10.1 Å². The van der Waals surface area contributed by atoms with E-state index in [1.54, 1.807) is 38.4 Å². The molecule has 0 radical (unpaired) electrons. The van der Waals surface area contributed by atoms with E-state index in [1.807, 2.05) is 42.5 Å². The first-order chi connectivity index (χ1) is 15.5. The molecular weight excluding hydrogens is 402 g/mol. The van der Waals surface area contributed by atoms with E-state index in [-0.39, 0.29) is 18.4 Å². The Morgan fingerprint density at radius 2 is 1.53 bits per heavy atom. The number of amidine groups is 1. The van der Waals surface area contributed by atoms with Gasteiger partial charge in [0, 0.05) is 12.6 Å². The van der Waals surface area contributed by atoms with E-state index in [0.29, 0.717) is 17.0 Å². The number of hydrogen-bond donors (Lipinski definition) is 2. The predicted octanol–water partition coefficient (Wildman–Crippen LogP) is 3.82. The van der Waals surface area contributed by atoms with Gasteiger partial charge in [0.2, 0.25) is 0 Å². The number of imide groups is 1. The van der Waals surface area contributed by atoms with Gasteiger partial charge in [0.05, 0.1) is 24.8 Å². The Hall–Kier alpha value is -3.93. The monoisotopic (exact) mass is 427 g/mol. The first kappa shape index (κ1) is 21.3. The van der Waals surface area contributed by atoms with Crippen LogP contribution in [0.25, 0.3) is 0 Å². The molecule has 1 heterocycles. The van der Waals surface area contributed by atoms with E-state index in [2.05, 4.69) is 5.32 Å². The molecule has 0 bridgehead atoms. The minimum absolute atomic E-state index is 0.210. The fourth-order valence-electron chi connectivity index (χ4n) is 3.92. The molecule has 1 aliphatic rings. The number of carbonyl (C=O) groups is 2. The largest absolute Gasteiger partial charge is 0.496 e. The van der Waals surface area contributed by atoms with Crippen LogP contribution in [0.3, 0.4) is 0 Å². The molecule has 3 aromatic rings. The Bertz CT molecular complexity index is 1150. The minimum atomic E-state index is -0.261. The van der Waals surface area contributed by atoms with Crippen molar-refractivity contribution >= 4 is 17.6 Å². The van der Waals surface area contributed by atoms with Crippen molar-refractivity contribution in [1.82, 2.24) is 10.2 Å². The summed E-state index contributed by atoms with van der Waals surface area (Å²) in [5.74, 6) is 0.617. The molecule has 0 atom stereocenters.